The highest BCUT2D eigenvalue weighted by atomic mass is 32.2. The van der Waals surface area contributed by atoms with Gasteiger partial charge in [-0.25, -0.2) is 9.59 Å². The largest absolute Gasteiger partial charge is 0.444 e. The molecule has 12 heteroatoms. The summed E-state index contributed by atoms with van der Waals surface area (Å²) in [6.07, 6.45) is 2.28. The van der Waals surface area contributed by atoms with E-state index in [0.29, 0.717) is 39.0 Å². The molecular weight excluding hydrogens is 657 g/mol. The van der Waals surface area contributed by atoms with Crippen LogP contribution in [-0.4, -0.2) is 76.6 Å². The smallest absolute Gasteiger partial charge is 0.410 e. The number of aromatic nitrogens is 1. The molecule has 0 fully saturated rings. The lowest BCUT2D eigenvalue weighted by Crippen LogP contribution is -2.55. The van der Waals surface area contributed by atoms with E-state index in [1.807, 2.05) is 74.5 Å². The van der Waals surface area contributed by atoms with Gasteiger partial charge in [-0.15, -0.1) is 11.3 Å². The Morgan fingerprint density at radius 2 is 1.67 bits per heavy atom. The molecular formula is C37H50N6O4S2. The van der Waals surface area contributed by atoms with Crippen molar-refractivity contribution in [3.8, 4) is 0 Å². The fourth-order valence-corrected chi connectivity index (χ4v) is 6.05. The molecule has 0 unspecified atom stereocenters. The van der Waals surface area contributed by atoms with Crippen molar-refractivity contribution in [2.45, 2.75) is 65.8 Å². The van der Waals surface area contributed by atoms with Gasteiger partial charge in [0.1, 0.15) is 12.6 Å². The van der Waals surface area contributed by atoms with Crippen LogP contribution in [0.3, 0.4) is 0 Å². The van der Waals surface area contributed by atoms with Crippen molar-refractivity contribution in [2.24, 2.45) is 16.8 Å². The normalized spacial score (nSPS) is 12.7. The number of aliphatic imine (C=N–C) groups is 1. The first kappa shape index (κ1) is 39.3. The van der Waals surface area contributed by atoms with Gasteiger partial charge >= 0.3 is 12.1 Å². The summed E-state index contributed by atoms with van der Waals surface area (Å²) in [5, 5.41) is 8.84. The highest BCUT2D eigenvalue weighted by molar-refractivity contribution is 8.16. The van der Waals surface area contributed by atoms with Gasteiger partial charge in [-0.3, -0.25) is 14.8 Å². The van der Waals surface area contributed by atoms with E-state index in [-0.39, 0.29) is 36.4 Å². The molecule has 264 valence electrons. The number of carbonyl (C=O) groups excluding carboxylic acids is 3. The maximum absolute atomic E-state index is 13.8. The van der Waals surface area contributed by atoms with E-state index in [1.165, 1.54) is 23.1 Å². The van der Waals surface area contributed by atoms with Crippen LogP contribution in [0.25, 0.3) is 0 Å². The molecule has 0 bridgehead atoms. The lowest BCUT2D eigenvalue weighted by Gasteiger charge is -2.29. The van der Waals surface area contributed by atoms with Crippen molar-refractivity contribution in [2.75, 3.05) is 26.7 Å². The summed E-state index contributed by atoms with van der Waals surface area (Å²) in [4.78, 5) is 53.1. The van der Waals surface area contributed by atoms with Crippen molar-refractivity contribution < 1.29 is 19.1 Å². The third kappa shape index (κ3) is 14.1. The van der Waals surface area contributed by atoms with Crippen molar-refractivity contribution in [3.63, 3.8) is 0 Å². The summed E-state index contributed by atoms with van der Waals surface area (Å²) in [6.45, 7) is 13.4. The average Bonchev–Trinajstić information content (AvgIpc) is 3.61. The molecule has 49 heavy (non-hydrogen) atoms. The van der Waals surface area contributed by atoms with Gasteiger partial charge in [0.25, 0.3) is 0 Å². The van der Waals surface area contributed by atoms with Crippen LogP contribution in [0.2, 0.25) is 0 Å². The predicted molar refractivity (Wildman–Crippen MR) is 201 cm³/mol. The number of carbonyl (C=O) groups is 3. The number of thiazole rings is 1. The van der Waals surface area contributed by atoms with Gasteiger partial charge in [0, 0.05) is 44.8 Å². The van der Waals surface area contributed by atoms with E-state index in [9.17, 15) is 14.4 Å². The van der Waals surface area contributed by atoms with Crippen molar-refractivity contribution in [1.82, 2.24) is 25.4 Å². The standard InChI is InChI=1S/C37H50N6O4S2/c1-7-48-35(28(4)5)39-19-21-42(6)36(45)41-33(27(2)3)34(44)40-31(22-29-14-10-8-11-15-29)18-20-43(24-30-16-12-9-13-17-30)37(46)47-25-32-23-38-26-49-32/h7-17,23,26-28,31,33H,1,18-22,24-25H2,2-6H3,(H,40,44)(H,41,45)/b39-35-/t31-,33+/m1/s1. The number of hydrogen-bond donors (Lipinski definition) is 2. The van der Waals surface area contributed by atoms with E-state index in [1.54, 1.807) is 34.0 Å². The van der Waals surface area contributed by atoms with E-state index in [4.69, 9.17) is 4.74 Å². The average molecular weight is 707 g/mol. The third-order valence-corrected chi connectivity index (χ3v) is 9.45. The number of nitrogens with one attached hydrogen (secondary N) is 2. The number of urea groups is 1. The molecule has 2 N–H and O–H groups in total. The van der Waals surface area contributed by atoms with Crippen LogP contribution in [0, 0.1) is 11.8 Å². The number of hydrogen-bond acceptors (Lipinski definition) is 8. The fraction of sp³-hybridized carbons (Fsp3) is 0.432. The van der Waals surface area contributed by atoms with Gasteiger partial charge < -0.3 is 25.2 Å². The minimum absolute atomic E-state index is 0.141. The van der Waals surface area contributed by atoms with Gasteiger partial charge in [-0.1, -0.05) is 107 Å². The predicted octanol–water partition coefficient (Wildman–Crippen LogP) is 7.00. The van der Waals surface area contributed by atoms with Crippen LogP contribution < -0.4 is 10.6 Å². The Morgan fingerprint density at radius 1 is 1.00 bits per heavy atom. The van der Waals surface area contributed by atoms with E-state index >= 15 is 0 Å². The number of nitrogens with zero attached hydrogens (tertiary/aromatic N) is 4. The zero-order valence-electron chi connectivity index (χ0n) is 29.2. The van der Waals surface area contributed by atoms with Crippen molar-refractivity contribution in [3.05, 3.63) is 100 Å². The summed E-state index contributed by atoms with van der Waals surface area (Å²) in [6, 6.07) is 18.2. The summed E-state index contributed by atoms with van der Waals surface area (Å²) in [5.41, 5.74) is 3.73. The molecule has 10 nitrogen and oxygen atoms in total. The monoisotopic (exact) mass is 706 g/mol. The molecule has 0 spiro atoms. The second kappa shape index (κ2) is 21.0. The van der Waals surface area contributed by atoms with Crippen LogP contribution in [-0.2, 0) is 29.1 Å². The van der Waals surface area contributed by atoms with Crippen LogP contribution in [0.1, 0.15) is 50.1 Å². The molecule has 0 aliphatic heterocycles. The first-order valence-corrected chi connectivity index (χ1v) is 18.3. The maximum atomic E-state index is 13.8. The van der Waals surface area contributed by atoms with Gasteiger partial charge in [-0.2, -0.15) is 0 Å². The second-order valence-corrected chi connectivity index (χ2v) is 14.3. The number of thioether (sulfide) groups is 1. The van der Waals surface area contributed by atoms with Crippen molar-refractivity contribution >= 4 is 46.2 Å². The Hall–Kier alpha value is -4.16. The fourth-order valence-electron chi connectivity index (χ4n) is 4.93. The molecule has 3 aromatic rings. The van der Waals surface area contributed by atoms with E-state index < -0.39 is 12.1 Å². The van der Waals surface area contributed by atoms with Gasteiger partial charge in [0.2, 0.25) is 5.91 Å². The summed E-state index contributed by atoms with van der Waals surface area (Å²) in [5.74, 6) is -0.178. The zero-order valence-corrected chi connectivity index (χ0v) is 30.8. The molecule has 0 saturated carbocycles. The Morgan fingerprint density at radius 3 is 2.27 bits per heavy atom. The molecule has 0 radical (unpaired) electrons. The lowest BCUT2D eigenvalue weighted by atomic mass is 9.99. The Labute approximate surface area is 299 Å². The highest BCUT2D eigenvalue weighted by Crippen LogP contribution is 2.15. The maximum Gasteiger partial charge on any atom is 0.410 e. The van der Waals surface area contributed by atoms with Gasteiger partial charge in [-0.05, 0) is 35.3 Å². The van der Waals surface area contributed by atoms with Crippen LogP contribution >= 0.6 is 23.1 Å². The molecule has 0 saturated heterocycles. The number of benzene rings is 2. The molecule has 1 aromatic heterocycles. The lowest BCUT2D eigenvalue weighted by molar-refractivity contribution is -0.124. The number of rotatable bonds is 18. The molecule has 1 heterocycles. The molecule has 2 atom stereocenters. The molecule has 4 amide bonds. The minimum atomic E-state index is -0.760. The summed E-state index contributed by atoms with van der Waals surface area (Å²) < 4.78 is 5.66. The van der Waals surface area contributed by atoms with E-state index in [2.05, 4.69) is 41.0 Å². The molecule has 0 aliphatic carbocycles. The Balaban J connectivity index is 1.71. The number of likely N-dealkylation sites (N-methyl/N-ethyl adjacent to an activating group) is 1. The molecule has 3 rings (SSSR count). The Bertz CT molecular complexity index is 1470. The summed E-state index contributed by atoms with van der Waals surface area (Å²) >= 11 is 2.92. The quantitative estimate of drug-likeness (QED) is 0.109. The first-order valence-electron chi connectivity index (χ1n) is 16.6. The van der Waals surface area contributed by atoms with Crippen molar-refractivity contribution in [1.29, 1.82) is 0 Å². The SMILES string of the molecule is C=CS/C(=N\CCN(C)C(=O)N[C@H](C(=O)N[C@H](CCN(Cc1ccccc1)C(=O)OCc1cncs1)Cc1ccccc1)C(C)C)C(C)C. The van der Waals surface area contributed by atoms with E-state index in [0.717, 1.165) is 21.0 Å². The van der Waals surface area contributed by atoms with Crippen LogP contribution in [0.4, 0.5) is 9.59 Å². The van der Waals surface area contributed by atoms with Crippen LogP contribution in [0.15, 0.2) is 89.4 Å². The van der Waals surface area contributed by atoms with Crippen LogP contribution in [0.5, 0.6) is 0 Å². The topological polar surface area (TPSA) is 116 Å². The number of ether oxygens (including phenoxy) is 1. The molecule has 0 aliphatic rings. The van der Waals surface area contributed by atoms with Gasteiger partial charge in [0.15, 0.2) is 0 Å². The zero-order chi connectivity index (χ0) is 35.6. The summed E-state index contributed by atoms with van der Waals surface area (Å²) in [7, 11) is 1.70. The first-order chi connectivity index (χ1) is 23.6. The highest BCUT2D eigenvalue weighted by Gasteiger charge is 2.28. The Kier molecular flexibility index (Phi) is 16.9. The molecule has 2 aromatic carbocycles. The number of amides is 4. The minimum Gasteiger partial charge on any atom is -0.444 e. The second-order valence-electron chi connectivity index (χ2n) is 12.4. The van der Waals surface area contributed by atoms with Gasteiger partial charge in [0.05, 0.1) is 22.0 Å². The third-order valence-electron chi connectivity index (χ3n) is 7.69.